The molecule has 0 aliphatic carbocycles. The molecule has 0 aromatic rings. The second kappa shape index (κ2) is 11.7. The Morgan fingerprint density at radius 1 is 1.45 bits per heavy atom. The van der Waals surface area contributed by atoms with E-state index in [9.17, 15) is 4.39 Å². The molecule has 0 saturated heterocycles. The van der Waals surface area contributed by atoms with Crippen LogP contribution in [0, 0.1) is 12.8 Å². The van der Waals surface area contributed by atoms with E-state index in [1.165, 1.54) is 6.08 Å². The van der Waals surface area contributed by atoms with Gasteiger partial charge in [-0.1, -0.05) is 30.7 Å². The Bertz CT molecular complexity index is 140. The number of hydrogen-bond donors (Lipinski definition) is 0. The third kappa shape index (κ3) is 12.2. The lowest BCUT2D eigenvalue weighted by Gasteiger charge is -1.86. The summed E-state index contributed by atoms with van der Waals surface area (Å²) in [4.78, 5) is 0. The van der Waals surface area contributed by atoms with Crippen LogP contribution in [-0.2, 0) is 0 Å². The van der Waals surface area contributed by atoms with E-state index in [0.29, 0.717) is 0 Å². The number of hydrogen-bond acceptors (Lipinski definition) is 0. The Balaban J connectivity index is 0. The lowest BCUT2D eigenvalue weighted by Crippen LogP contribution is -1.68. The van der Waals surface area contributed by atoms with Crippen molar-refractivity contribution < 1.29 is 4.39 Å². The molecule has 0 bridgehead atoms. The van der Waals surface area contributed by atoms with E-state index in [0.717, 1.165) is 12.0 Å². The highest BCUT2D eigenvalue weighted by Crippen LogP contribution is 1.95. The average Bonchev–Trinajstić information content (AvgIpc) is 2.05. The summed E-state index contributed by atoms with van der Waals surface area (Å²) >= 11 is 0. The minimum Gasteiger partial charge on any atom is -0.247 e. The fourth-order valence-electron chi connectivity index (χ4n) is 0.620. The number of allylic oxidation sites excluding steroid dienone is 4. The molecule has 0 radical (unpaired) electrons. The predicted octanol–water partition coefficient (Wildman–Crippen LogP) is 3.12. The topological polar surface area (TPSA) is 0 Å². The van der Waals surface area contributed by atoms with Crippen molar-refractivity contribution in [3.05, 3.63) is 23.8 Å². The van der Waals surface area contributed by atoms with Gasteiger partial charge >= 0.3 is 0 Å². The second-order valence-corrected chi connectivity index (χ2v) is 1.91. The van der Waals surface area contributed by atoms with Crippen LogP contribution in [0.3, 0.4) is 0 Å². The first-order valence-corrected chi connectivity index (χ1v) is 3.53. The van der Waals surface area contributed by atoms with Crippen LogP contribution in [0.5, 0.6) is 0 Å². The standard InChI is InChI=1S/C8H13F.C2H2/c1-3-5-8(2)6-4-7-9;1-2/h4-6H,3,7H2,1-2H3;1-2H/b6-4-,8-5-;. The van der Waals surface area contributed by atoms with Gasteiger partial charge in [-0.3, -0.25) is 0 Å². The zero-order valence-electron chi connectivity index (χ0n) is 7.18. The zero-order valence-corrected chi connectivity index (χ0v) is 7.18. The Morgan fingerprint density at radius 3 is 2.36 bits per heavy atom. The lowest BCUT2D eigenvalue weighted by atomic mass is 10.2. The van der Waals surface area contributed by atoms with E-state index in [1.54, 1.807) is 6.08 Å². The predicted molar refractivity (Wildman–Crippen MR) is 49.1 cm³/mol. The highest BCUT2D eigenvalue weighted by Gasteiger charge is 1.76. The van der Waals surface area contributed by atoms with Gasteiger partial charge in [-0.2, -0.15) is 0 Å². The quantitative estimate of drug-likeness (QED) is 0.433. The molecule has 0 fully saturated rings. The number of terminal acetylenes is 1. The zero-order chi connectivity index (χ0) is 9.11. The van der Waals surface area contributed by atoms with E-state index in [1.807, 2.05) is 6.92 Å². The molecule has 0 N–H and O–H groups in total. The van der Waals surface area contributed by atoms with Crippen LogP contribution in [0.15, 0.2) is 23.8 Å². The molecular formula is C10H15F. The van der Waals surface area contributed by atoms with Gasteiger partial charge in [0.2, 0.25) is 0 Å². The Kier molecular flexibility index (Phi) is 13.5. The van der Waals surface area contributed by atoms with Crippen LogP contribution < -0.4 is 0 Å². The third-order valence-corrected chi connectivity index (χ3v) is 0.996. The maximum Gasteiger partial charge on any atom is 0.108 e. The summed E-state index contributed by atoms with van der Waals surface area (Å²) in [5.41, 5.74) is 1.13. The molecule has 0 heterocycles. The summed E-state index contributed by atoms with van der Waals surface area (Å²) in [6.07, 6.45) is 14.4. The Morgan fingerprint density at radius 2 is 2.00 bits per heavy atom. The third-order valence-electron chi connectivity index (χ3n) is 0.996. The number of halogens is 1. The first kappa shape index (κ1) is 12.6. The van der Waals surface area contributed by atoms with E-state index in [2.05, 4.69) is 25.8 Å². The van der Waals surface area contributed by atoms with Crippen molar-refractivity contribution in [2.24, 2.45) is 0 Å². The van der Waals surface area contributed by atoms with Crippen molar-refractivity contribution in [2.45, 2.75) is 20.3 Å². The van der Waals surface area contributed by atoms with Gasteiger partial charge in [-0.15, -0.1) is 12.8 Å². The van der Waals surface area contributed by atoms with Crippen LogP contribution in [0.4, 0.5) is 4.39 Å². The van der Waals surface area contributed by atoms with Crippen LogP contribution in [-0.4, -0.2) is 6.67 Å². The molecule has 62 valence electrons. The van der Waals surface area contributed by atoms with Crippen LogP contribution in [0.25, 0.3) is 0 Å². The van der Waals surface area contributed by atoms with Crippen molar-refractivity contribution in [1.82, 2.24) is 0 Å². The van der Waals surface area contributed by atoms with Crippen LogP contribution in [0.2, 0.25) is 0 Å². The molecule has 0 aliphatic rings. The summed E-state index contributed by atoms with van der Waals surface area (Å²) in [6.45, 7) is 3.66. The van der Waals surface area contributed by atoms with Gasteiger partial charge in [0.05, 0.1) is 0 Å². The van der Waals surface area contributed by atoms with Crippen LogP contribution in [0.1, 0.15) is 20.3 Å². The van der Waals surface area contributed by atoms with E-state index < -0.39 is 0 Å². The summed E-state index contributed by atoms with van der Waals surface area (Å²) < 4.78 is 11.5. The van der Waals surface area contributed by atoms with Gasteiger partial charge < -0.3 is 0 Å². The molecule has 11 heavy (non-hydrogen) atoms. The fourth-order valence-corrected chi connectivity index (χ4v) is 0.620. The molecule has 0 spiro atoms. The minimum absolute atomic E-state index is 0.366. The van der Waals surface area contributed by atoms with Crippen molar-refractivity contribution >= 4 is 0 Å². The highest BCUT2D eigenvalue weighted by molar-refractivity contribution is 5.15. The molecule has 0 nitrogen and oxygen atoms in total. The van der Waals surface area contributed by atoms with Gasteiger partial charge in [0.1, 0.15) is 6.67 Å². The average molecular weight is 154 g/mol. The second-order valence-electron chi connectivity index (χ2n) is 1.91. The summed E-state index contributed by atoms with van der Waals surface area (Å²) in [7, 11) is 0. The number of rotatable bonds is 3. The molecule has 0 saturated carbocycles. The Labute approximate surface area is 68.8 Å². The summed E-state index contributed by atoms with van der Waals surface area (Å²) in [6, 6.07) is 0. The van der Waals surface area contributed by atoms with Crippen molar-refractivity contribution in [2.75, 3.05) is 6.67 Å². The molecule has 0 amide bonds. The molecule has 1 heteroatoms. The molecule has 0 unspecified atom stereocenters. The molecule has 0 atom stereocenters. The SMILES string of the molecule is C#C.CC/C=C(C)\C=C/CF. The molecule has 0 rings (SSSR count). The smallest absolute Gasteiger partial charge is 0.108 e. The summed E-state index contributed by atoms with van der Waals surface area (Å²) in [5, 5.41) is 0. The van der Waals surface area contributed by atoms with Gasteiger partial charge in [0.25, 0.3) is 0 Å². The van der Waals surface area contributed by atoms with Gasteiger partial charge in [0.15, 0.2) is 0 Å². The molecule has 0 aromatic carbocycles. The molecule has 0 aliphatic heterocycles. The fraction of sp³-hybridized carbons (Fsp3) is 0.400. The van der Waals surface area contributed by atoms with Crippen molar-refractivity contribution in [1.29, 1.82) is 0 Å². The molecule has 0 aromatic heterocycles. The van der Waals surface area contributed by atoms with E-state index in [4.69, 9.17) is 0 Å². The monoisotopic (exact) mass is 154 g/mol. The lowest BCUT2D eigenvalue weighted by molar-refractivity contribution is 0.561. The van der Waals surface area contributed by atoms with Crippen molar-refractivity contribution in [3.8, 4) is 12.8 Å². The largest absolute Gasteiger partial charge is 0.247 e. The summed E-state index contributed by atoms with van der Waals surface area (Å²) in [5.74, 6) is 0. The minimum atomic E-state index is -0.366. The van der Waals surface area contributed by atoms with Gasteiger partial charge in [0, 0.05) is 0 Å². The maximum absolute atomic E-state index is 11.5. The maximum atomic E-state index is 11.5. The van der Waals surface area contributed by atoms with Crippen molar-refractivity contribution in [3.63, 3.8) is 0 Å². The first-order valence-electron chi connectivity index (χ1n) is 3.53. The van der Waals surface area contributed by atoms with E-state index >= 15 is 0 Å². The highest BCUT2D eigenvalue weighted by atomic mass is 19.1. The number of alkyl halides is 1. The molecular weight excluding hydrogens is 139 g/mol. The van der Waals surface area contributed by atoms with Crippen LogP contribution >= 0.6 is 0 Å². The normalized spacial score (nSPS) is 10.8. The van der Waals surface area contributed by atoms with E-state index in [-0.39, 0.29) is 6.67 Å². The van der Waals surface area contributed by atoms with Gasteiger partial charge in [-0.05, 0) is 13.3 Å². The first-order chi connectivity index (χ1) is 5.31. The Hall–Kier alpha value is -1.03. The van der Waals surface area contributed by atoms with Gasteiger partial charge in [-0.25, -0.2) is 4.39 Å².